The van der Waals surface area contributed by atoms with Gasteiger partial charge in [0.2, 0.25) is 5.28 Å². The molecule has 1 amide bonds. The van der Waals surface area contributed by atoms with Gasteiger partial charge in [-0.25, -0.2) is 4.98 Å². The molecule has 13 heavy (non-hydrogen) atoms. The number of allylic oxidation sites excluding steroid dienone is 1. The molecule has 0 radical (unpaired) electrons. The van der Waals surface area contributed by atoms with Gasteiger partial charge in [-0.1, -0.05) is 6.08 Å². The van der Waals surface area contributed by atoms with Crippen LogP contribution in [0, 0.1) is 0 Å². The molecule has 1 N–H and O–H groups in total. The quantitative estimate of drug-likeness (QED) is 0.504. The third kappa shape index (κ3) is 1.19. The Morgan fingerprint density at radius 2 is 2.38 bits per heavy atom. The van der Waals surface area contributed by atoms with Crippen molar-refractivity contribution in [3.05, 3.63) is 23.1 Å². The summed E-state index contributed by atoms with van der Waals surface area (Å²) in [5, 5.41) is 2.73. The highest BCUT2D eigenvalue weighted by molar-refractivity contribution is 6.32. The van der Waals surface area contributed by atoms with E-state index < -0.39 is 0 Å². The fourth-order valence-corrected chi connectivity index (χ4v) is 1.37. The summed E-state index contributed by atoms with van der Waals surface area (Å²) in [6, 6.07) is 0. The van der Waals surface area contributed by atoms with Gasteiger partial charge >= 0.3 is 0 Å². The predicted octanol–water partition coefficient (Wildman–Crippen LogP) is 1.49. The molecule has 5 heteroatoms. The lowest BCUT2D eigenvalue weighted by Crippen LogP contribution is -2.04. The number of nitrogens with one attached hydrogen (secondary N) is 1. The predicted molar refractivity (Wildman–Crippen MR) is 49.3 cm³/mol. The Morgan fingerprint density at radius 3 is 3.08 bits per heavy atom. The fraction of sp³-hybridized carbons (Fsp3) is 0.125. The zero-order valence-corrected chi connectivity index (χ0v) is 7.59. The van der Waals surface area contributed by atoms with E-state index in [0.29, 0.717) is 17.0 Å². The molecular formula is C8H6ClN3O. The minimum atomic E-state index is -0.158. The summed E-state index contributed by atoms with van der Waals surface area (Å²) in [7, 11) is 0. The van der Waals surface area contributed by atoms with Crippen molar-refractivity contribution in [2.45, 2.75) is 6.92 Å². The summed E-state index contributed by atoms with van der Waals surface area (Å²) >= 11 is 5.57. The smallest absolute Gasteiger partial charge is 0.257 e. The molecule has 0 saturated heterocycles. The lowest BCUT2D eigenvalue weighted by atomic mass is 10.1. The van der Waals surface area contributed by atoms with E-state index in [1.54, 1.807) is 13.0 Å². The number of hydrogen-bond donors (Lipinski definition) is 1. The van der Waals surface area contributed by atoms with Crippen LogP contribution in [0.4, 0.5) is 5.82 Å². The number of fused-ring (bicyclic) bond motifs is 1. The highest BCUT2D eigenvalue weighted by atomic mass is 35.5. The standard InChI is InChI=1S/C8H6ClN3O/c1-2-4-5-3-10-8(9)12-6(5)11-7(4)13/h2-3H,1H3,(H,10,11,12,13)/b4-2+. The van der Waals surface area contributed by atoms with Gasteiger partial charge in [0.25, 0.3) is 5.91 Å². The van der Waals surface area contributed by atoms with Crippen LogP contribution in [0.15, 0.2) is 12.3 Å². The first-order chi connectivity index (χ1) is 6.22. The van der Waals surface area contributed by atoms with Crippen molar-refractivity contribution < 1.29 is 4.79 Å². The molecule has 0 unspecified atom stereocenters. The van der Waals surface area contributed by atoms with Gasteiger partial charge in [0, 0.05) is 17.3 Å². The monoisotopic (exact) mass is 195 g/mol. The van der Waals surface area contributed by atoms with Crippen molar-refractivity contribution in [3.63, 3.8) is 0 Å². The molecule has 1 aliphatic rings. The van der Waals surface area contributed by atoms with Crippen molar-refractivity contribution in [1.82, 2.24) is 9.97 Å². The van der Waals surface area contributed by atoms with Crippen LogP contribution < -0.4 is 5.32 Å². The average molecular weight is 196 g/mol. The van der Waals surface area contributed by atoms with Crippen LogP contribution in [0.5, 0.6) is 0 Å². The van der Waals surface area contributed by atoms with Crippen LogP contribution in [0.1, 0.15) is 12.5 Å². The van der Waals surface area contributed by atoms with Crippen molar-refractivity contribution in [2.24, 2.45) is 0 Å². The minimum Gasteiger partial charge on any atom is -0.306 e. The van der Waals surface area contributed by atoms with Gasteiger partial charge in [-0.3, -0.25) is 4.79 Å². The summed E-state index contributed by atoms with van der Waals surface area (Å²) in [5.41, 5.74) is 1.29. The van der Waals surface area contributed by atoms with Gasteiger partial charge in [0.15, 0.2) is 0 Å². The fourth-order valence-electron chi connectivity index (χ4n) is 1.24. The molecule has 4 nitrogen and oxygen atoms in total. The number of halogens is 1. The van der Waals surface area contributed by atoms with E-state index in [-0.39, 0.29) is 11.2 Å². The largest absolute Gasteiger partial charge is 0.306 e. The number of nitrogens with zero attached hydrogens (tertiary/aromatic N) is 2. The normalized spacial score (nSPS) is 17.4. The summed E-state index contributed by atoms with van der Waals surface area (Å²) < 4.78 is 0. The molecule has 2 heterocycles. The van der Waals surface area contributed by atoms with E-state index in [1.807, 2.05) is 0 Å². The zero-order chi connectivity index (χ0) is 9.42. The molecule has 0 bridgehead atoms. The molecule has 2 rings (SSSR count). The van der Waals surface area contributed by atoms with E-state index in [9.17, 15) is 4.79 Å². The molecule has 0 saturated carbocycles. The maximum atomic E-state index is 11.3. The van der Waals surface area contributed by atoms with Crippen LogP contribution in [0.2, 0.25) is 5.28 Å². The van der Waals surface area contributed by atoms with E-state index >= 15 is 0 Å². The Bertz CT molecular complexity index is 414. The molecule has 0 aliphatic carbocycles. The van der Waals surface area contributed by atoms with Gasteiger partial charge < -0.3 is 5.32 Å². The van der Waals surface area contributed by atoms with Gasteiger partial charge in [-0.2, -0.15) is 4.98 Å². The first-order valence-electron chi connectivity index (χ1n) is 3.73. The Hall–Kier alpha value is -1.42. The summed E-state index contributed by atoms with van der Waals surface area (Å²) in [6.45, 7) is 1.79. The molecule has 66 valence electrons. The topological polar surface area (TPSA) is 54.9 Å². The Morgan fingerprint density at radius 1 is 1.62 bits per heavy atom. The first-order valence-corrected chi connectivity index (χ1v) is 4.10. The number of amides is 1. The second-order valence-electron chi connectivity index (χ2n) is 2.56. The summed E-state index contributed by atoms with van der Waals surface area (Å²) in [4.78, 5) is 19.0. The molecule has 0 fully saturated rings. The lowest BCUT2D eigenvalue weighted by Gasteiger charge is -1.94. The molecule has 1 aliphatic heterocycles. The molecule has 0 atom stereocenters. The number of anilines is 1. The maximum absolute atomic E-state index is 11.3. The van der Waals surface area contributed by atoms with E-state index in [4.69, 9.17) is 11.6 Å². The van der Waals surface area contributed by atoms with Crippen LogP contribution in [0.3, 0.4) is 0 Å². The molecule has 0 aromatic carbocycles. The number of carbonyl (C=O) groups excluding carboxylic acids is 1. The van der Waals surface area contributed by atoms with Gasteiger partial charge in [0.05, 0.1) is 0 Å². The molecule has 1 aromatic heterocycles. The maximum Gasteiger partial charge on any atom is 0.257 e. The summed E-state index contributed by atoms with van der Waals surface area (Å²) in [5.74, 6) is 0.326. The Balaban J connectivity index is 2.61. The van der Waals surface area contributed by atoms with Crippen molar-refractivity contribution in [2.75, 3.05) is 5.32 Å². The molecular weight excluding hydrogens is 190 g/mol. The van der Waals surface area contributed by atoms with Crippen LogP contribution in [-0.4, -0.2) is 15.9 Å². The van der Waals surface area contributed by atoms with E-state index in [0.717, 1.165) is 0 Å². The molecule has 1 aromatic rings. The van der Waals surface area contributed by atoms with Crippen LogP contribution >= 0.6 is 11.6 Å². The van der Waals surface area contributed by atoms with Gasteiger partial charge in [-0.05, 0) is 18.5 Å². The van der Waals surface area contributed by atoms with Crippen molar-refractivity contribution >= 4 is 28.9 Å². The third-order valence-corrected chi connectivity index (χ3v) is 2.00. The number of aromatic nitrogens is 2. The number of rotatable bonds is 0. The lowest BCUT2D eigenvalue weighted by molar-refractivity contribution is -0.110. The first kappa shape index (κ1) is 8.19. The zero-order valence-electron chi connectivity index (χ0n) is 6.84. The SMILES string of the molecule is C/C=C1/C(=O)Nc2nc(Cl)ncc21. The Kier molecular flexibility index (Phi) is 1.77. The Labute approximate surface area is 79.6 Å². The number of hydrogen-bond acceptors (Lipinski definition) is 3. The average Bonchev–Trinajstić information content (AvgIpc) is 2.39. The van der Waals surface area contributed by atoms with Crippen LogP contribution in [-0.2, 0) is 4.79 Å². The highest BCUT2D eigenvalue weighted by Crippen LogP contribution is 2.29. The van der Waals surface area contributed by atoms with Crippen LogP contribution in [0.25, 0.3) is 5.57 Å². The molecule has 0 spiro atoms. The van der Waals surface area contributed by atoms with Crippen molar-refractivity contribution in [3.8, 4) is 0 Å². The van der Waals surface area contributed by atoms with E-state index in [1.165, 1.54) is 6.20 Å². The third-order valence-electron chi connectivity index (χ3n) is 1.81. The van der Waals surface area contributed by atoms with Gasteiger partial charge in [0.1, 0.15) is 5.82 Å². The minimum absolute atomic E-state index is 0.136. The highest BCUT2D eigenvalue weighted by Gasteiger charge is 2.24. The van der Waals surface area contributed by atoms with E-state index in [2.05, 4.69) is 15.3 Å². The summed E-state index contributed by atoms with van der Waals surface area (Å²) in [6.07, 6.45) is 3.26. The number of carbonyl (C=O) groups is 1. The van der Waals surface area contributed by atoms with Gasteiger partial charge in [-0.15, -0.1) is 0 Å². The second-order valence-corrected chi connectivity index (χ2v) is 2.90. The second kappa shape index (κ2) is 2.81. The van der Waals surface area contributed by atoms with Crippen molar-refractivity contribution in [1.29, 1.82) is 0 Å².